The molecular formula is C16H17BN2O2. The van der Waals surface area contributed by atoms with Crippen molar-refractivity contribution in [2.75, 3.05) is 0 Å². The summed E-state index contributed by atoms with van der Waals surface area (Å²) in [7, 11) is -0.568. The second kappa shape index (κ2) is 4.55. The third-order valence-electron chi connectivity index (χ3n) is 4.37. The minimum absolute atomic E-state index is 0.354. The van der Waals surface area contributed by atoms with Crippen LogP contribution in [0.5, 0.6) is 0 Å². The zero-order valence-corrected chi connectivity index (χ0v) is 12.7. The third-order valence-corrected chi connectivity index (χ3v) is 4.37. The number of nitrogens with zero attached hydrogens (tertiary/aromatic N) is 2. The molecule has 1 aliphatic heterocycles. The smallest absolute Gasteiger partial charge is 0.399 e. The highest BCUT2D eigenvalue weighted by Gasteiger charge is 2.52. The van der Waals surface area contributed by atoms with Crippen LogP contribution in [0.15, 0.2) is 30.3 Å². The lowest BCUT2D eigenvalue weighted by Gasteiger charge is -2.32. The van der Waals surface area contributed by atoms with E-state index in [1.54, 1.807) is 0 Å². The molecule has 2 heterocycles. The molecule has 0 radical (unpaired) electrons. The van der Waals surface area contributed by atoms with Gasteiger partial charge in [0.2, 0.25) is 0 Å². The Hall–Kier alpha value is -1.90. The van der Waals surface area contributed by atoms with E-state index in [0.717, 1.165) is 10.9 Å². The van der Waals surface area contributed by atoms with Gasteiger partial charge in [-0.1, -0.05) is 24.3 Å². The molecule has 1 saturated heterocycles. The Morgan fingerprint density at radius 2 is 1.71 bits per heavy atom. The first kappa shape index (κ1) is 14.1. The van der Waals surface area contributed by atoms with Crippen LogP contribution in [0.1, 0.15) is 33.4 Å². The number of hydrogen-bond acceptors (Lipinski definition) is 4. The molecule has 21 heavy (non-hydrogen) atoms. The molecule has 0 N–H and O–H groups in total. The van der Waals surface area contributed by atoms with Crippen molar-refractivity contribution >= 4 is 23.5 Å². The SMILES string of the molecule is CC1(C)OB(c2cc3ccccc3nc2C#N)OC1(C)C. The minimum Gasteiger partial charge on any atom is -0.399 e. The molecule has 0 amide bonds. The van der Waals surface area contributed by atoms with Crippen molar-refractivity contribution in [2.45, 2.75) is 38.9 Å². The molecule has 1 aromatic heterocycles. The van der Waals surface area contributed by atoms with E-state index in [4.69, 9.17) is 9.31 Å². The van der Waals surface area contributed by atoms with Gasteiger partial charge in [-0.05, 0) is 39.1 Å². The quantitative estimate of drug-likeness (QED) is 0.753. The summed E-state index contributed by atoms with van der Waals surface area (Å²) in [5.41, 5.74) is 0.975. The van der Waals surface area contributed by atoms with E-state index in [1.807, 2.05) is 58.0 Å². The number of benzene rings is 1. The van der Waals surface area contributed by atoms with E-state index in [0.29, 0.717) is 11.2 Å². The van der Waals surface area contributed by atoms with Gasteiger partial charge in [-0.25, -0.2) is 4.98 Å². The Morgan fingerprint density at radius 3 is 2.33 bits per heavy atom. The van der Waals surface area contributed by atoms with Gasteiger partial charge in [0.15, 0.2) is 0 Å². The van der Waals surface area contributed by atoms with Gasteiger partial charge < -0.3 is 9.31 Å². The van der Waals surface area contributed by atoms with Crippen molar-refractivity contribution in [1.29, 1.82) is 5.26 Å². The van der Waals surface area contributed by atoms with Gasteiger partial charge in [-0.3, -0.25) is 0 Å². The highest BCUT2D eigenvalue weighted by Crippen LogP contribution is 2.36. The topological polar surface area (TPSA) is 55.1 Å². The maximum Gasteiger partial charge on any atom is 0.497 e. The van der Waals surface area contributed by atoms with Crippen LogP contribution in [0.4, 0.5) is 0 Å². The molecule has 3 rings (SSSR count). The second-order valence-electron chi connectivity index (χ2n) is 6.32. The zero-order valence-electron chi connectivity index (χ0n) is 12.7. The number of nitriles is 1. The van der Waals surface area contributed by atoms with Crippen molar-refractivity contribution in [2.24, 2.45) is 0 Å². The van der Waals surface area contributed by atoms with Gasteiger partial charge in [0.25, 0.3) is 0 Å². The maximum atomic E-state index is 9.37. The average molecular weight is 280 g/mol. The standard InChI is InChI=1S/C16H17BN2O2/c1-15(2)16(3,4)21-17(20-15)12-9-11-7-5-6-8-13(11)19-14(12)10-18/h5-9H,1-4H3. The molecular weight excluding hydrogens is 263 g/mol. The highest BCUT2D eigenvalue weighted by molar-refractivity contribution is 6.63. The number of fused-ring (bicyclic) bond motifs is 1. The molecule has 1 aliphatic rings. The summed E-state index contributed by atoms with van der Waals surface area (Å²) in [6.45, 7) is 7.97. The van der Waals surface area contributed by atoms with Crippen molar-refractivity contribution in [1.82, 2.24) is 4.98 Å². The summed E-state index contributed by atoms with van der Waals surface area (Å²) < 4.78 is 12.1. The van der Waals surface area contributed by atoms with Crippen LogP contribution in [-0.4, -0.2) is 23.3 Å². The van der Waals surface area contributed by atoms with E-state index in [1.165, 1.54) is 0 Å². The van der Waals surface area contributed by atoms with E-state index < -0.39 is 18.3 Å². The highest BCUT2D eigenvalue weighted by atomic mass is 16.7. The molecule has 1 aromatic carbocycles. The predicted octanol–water partition coefficient (Wildman–Crippen LogP) is 2.41. The summed E-state index contributed by atoms with van der Waals surface area (Å²) in [5.74, 6) is 0. The van der Waals surface area contributed by atoms with Crippen LogP contribution in [0.2, 0.25) is 0 Å². The zero-order chi connectivity index (χ0) is 15.3. The van der Waals surface area contributed by atoms with Crippen LogP contribution in [0, 0.1) is 11.3 Å². The van der Waals surface area contributed by atoms with Crippen molar-refractivity contribution < 1.29 is 9.31 Å². The van der Waals surface area contributed by atoms with Crippen LogP contribution in [0.25, 0.3) is 10.9 Å². The fraction of sp³-hybridized carbons (Fsp3) is 0.375. The van der Waals surface area contributed by atoms with E-state index in [-0.39, 0.29) is 0 Å². The Kier molecular flexibility index (Phi) is 3.05. The largest absolute Gasteiger partial charge is 0.497 e. The first-order chi connectivity index (χ1) is 9.84. The molecule has 0 spiro atoms. The lowest BCUT2D eigenvalue weighted by Crippen LogP contribution is -2.41. The summed E-state index contributed by atoms with van der Waals surface area (Å²) in [4.78, 5) is 4.41. The normalized spacial score (nSPS) is 19.7. The van der Waals surface area contributed by atoms with Gasteiger partial charge in [-0.15, -0.1) is 0 Å². The van der Waals surface area contributed by atoms with Crippen LogP contribution >= 0.6 is 0 Å². The van der Waals surface area contributed by atoms with E-state index in [2.05, 4.69) is 11.1 Å². The molecule has 0 saturated carbocycles. The maximum absolute atomic E-state index is 9.37. The Labute approximate surface area is 124 Å². The molecule has 2 aromatic rings. The molecule has 4 nitrogen and oxygen atoms in total. The van der Waals surface area contributed by atoms with Crippen LogP contribution in [0.3, 0.4) is 0 Å². The summed E-state index contributed by atoms with van der Waals surface area (Å²) >= 11 is 0. The Morgan fingerprint density at radius 1 is 1.10 bits per heavy atom. The molecule has 0 aliphatic carbocycles. The molecule has 0 unspecified atom stereocenters. The van der Waals surface area contributed by atoms with Gasteiger partial charge in [0.1, 0.15) is 11.8 Å². The summed E-state index contributed by atoms with van der Waals surface area (Å²) in [6.07, 6.45) is 0. The Bertz CT molecular complexity index is 734. The Balaban J connectivity index is 2.11. The van der Waals surface area contributed by atoms with E-state index in [9.17, 15) is 5.26 Å². The first-order valence-electron chi connectivity index (χ1n) is 6.99. The number of pyridine rings is 1. The molecule has 0 atom stereocenters. The van der Waals surface area contributed by atoms with E-state index >= 15 is 0 Å². The number of aromatic nitrogens is 1. The lowest BCUT2D eigenvalue weighted by atomic mass is 9.77. The van der Waals surface area contributed by atoms with Crippen LogP contribution < -0.4 is 5.46 Å². The molecule has 1 fully saturated rings. The summed E-state index contributed by atoms with van der Waals surface area (Å²) in [5, 5.41) is 10.3. The third kappa shape index (κ3) is 2.21. The fourth-order valence-corrected chi connectivity index (χ4v) is 2.37. The second-order valence-corrected chi connectivity index (χ2v) is 6.32. The number of para-hydroxylation sites is 1. The molecule has 106 valence electrons. The van der Waals surface area contributed by atoms with Crippen molar-refractivity contribution in [3.8, 4) is 6.07 Å². The van der Waals surface area contributed by atoms with Gasteiger partial charge in [-0.2, -0.15) is 5.26 Å². The number of rotatable bonds is 1. The molecule has 0 bridgehead atoms. The monoisotopic (exact) mass is 280 g/mol. The van der Waals surface area contributed by atoms with Crippen LogP contribution in [-0.2, 0) is 9.31 Å². The van der Waals surface area contributed by atoms with Gasteiger partial charge >= 0.3 is 7.12 Å². The fourth-order valence-electron chi connectivity index (χ4n) is 2.37. The predicted molar refractivity (Wildman–Crippen MR) is 82.2 cm³/mol. The summed E-state index contributed by atoms with van der Waals surface area (Å²) in [6, 6.07) is 11.8. The first-order valence-corrected chi connectivity index (χ1v) is 6.99. The van der Waals surface area contributed by atoms with Gasteiger partial charge in [0, 0.05) is 5.46 Å². The van der Waals surface area contributed by atoms with Gasteiger partial charge in [0.05, 0.1) is 16.7 Å². The lowest BCUT2D eigenvalue weighted by molar-refractivity contribution is 0.00578. The van der Waals surface area contributed by atoms with Crippen molar-refractivity contribution in [3.63, 3.8) is 0 Å². The minimum atomic E-state index is -0.568. The molecule has 5 heteroatoms. The average Bonchev–Trinajstić information content (AvgIpc) is 2.66. The number of hydrogen-bond donors (Lipinski definition) is 0. The van der Waals surface area contributed by atoms with Crippen molar-refractivity contribution in [3.05, 3.63) is 36.0 Å².